The van der Waals surface area contributed by atoms with Crippen LogP contribution in [0.5, 0.6) is 0 Å². The molecule has 1 aliphatic rings. The zero-order chi connectivity index (χ0) is 20.2. The van der Waals surface area contributed by atoms with E-state index in [-0.39, 0.29) is 11.8 Å². The second kappa shape index (κ2) is 6.34. The fourth-order valence-electron chi connectivity index (χ4n) is 4.10. The summed E-state index contributed by atoms with van der Waals surface area (Å²) in [5, 5.41) is 2.02. The summed E-state index contributed by atoms with van der Waals surface area (Å²) < 4.78 is 0.941. The number of thiazole rings is 1. The molecular weight excluding hydrogens is 392 g/mol. The molecule has 0 spiro atoms. The molecule has 1 aliphatic heterocycles. The number of fused-ring (bicyclic) bond motifs is 1. The summed E-state index contributed by atoms with van der Waals surface area (Å²) in [7, 11) is 0. The van der Waals surface area contributed by atoms with Crippen LogP contribution in [-0.2, 0) is 0 Å². The van der Waals surface area contributed by atoms with Crippen LogP contribution in [0.2, 0.25) is 0 Å². The molecule has 0 atom stereocenters. The van der Waals surface area contributed by atoms with Gasteiger partial charge in [0.05, 0.1) is 10.2 Å². The molecule has 1 aromatic heterocycles. The number of imide groups is 1. The Morgan fingerprint density at radius 1 is 0.667 bits per heavy atom. The highest BCUT2D eigenvalue weighted by Crippen LogP contribution is 2.39. The third-order valence-electron chi connectivity index (χ3n) is 5.47. The van der Waals surface area contributed by atoms with Crippen molar-refractivity contribution >= 4 is 49.3 Å². The Morgan fingerprint density at radius 3 is 2.17 bits per heavy atom. The highest BCUT2D eigenvalue weighted by Gasteiger charge is 2.36. The van der Waals surface area contributed by atoms with Gasteiger partial charge in [-0.3, -0.25) is 9.59 Å². The first-order chi connectivity index (χ1) is 14.7. The summed E-state index contributed by atoms with van der Waals surface area (Å²) in [6, 6.07) is 27.1. The monoisotopic (exact) mass is 406 g/mol. The number of para-hydroxylation sites is 1. The van der Waals surface area contributed by atoms with Crippen molar-refractivity contribution in [1.29, 1.82) is 0 Å². The van der Waals surface area contributed by atoms with Crippen molar-refractivity contribution in [3.8, 4) is 11.1 Å². The lowest BCUT2D eigenvalue weighted by Crippen LogP contribution is -2.40. The number of anilines is 1. The molecule has 0 saturated heterocycles. The van der Waals surface area contributed by atoms with E-state index < -0.39 is 0 Å². The molecule has 4 aromatic carbocycles. The normalized spacial score (nSPS) is 13.4. The minimum Gasteiger partial charge on any atom is -0.268 e. The number of hydrogen-bond donors (Lipinski definition) is 0. The predicted octanol–water partition coefficient (Wildman–Crippen LogP) is 5.92. The molecule has 0 bridgehead atoms. The van der Waals surface area contributed by atoms with E-state index in [0.717, 1.165) is 26.7 Å². The van der Waals surface area contributed by atoms with Gasteiger partial charge in [-0.2, -0.15) is 0 Å². The Hall–Kier alpha value is -3.83. The molecular formula is C25H14N2O2S. The van der Waals surface area contributed by atoms with E-state index in [1.54, 1.807) is 6.07 Å². The molecule has 5 aromatic rings. The predicted molar refractivity (Wildman–Crippen MR) is 120 cm³/mol. The summed E-state index contributed by atoms with van der Waals surface area (Å²) in [5.74, 6) is -0.662. The Bertz CT molecular complexity index is 1430. The number of aromatic nitrogens is 1. The lowest BCUT2D eigenvalue weighted by atomic mass is 9.89. The van der Waals surface area contributed by atoms with Gasteiger partial charge in [-0.15, -0.1) is 0 Å². The number of rotatable bonds is 2. The highest BCUT2D eigenvalue weighted by atomic mass is 32.1. The van der Waals surface area contributed by atoms with E-state index in [9.17, 15) is 9.59 Å². The van der Waals surface area contributed by atoms with Crippen LogP contribution >= 0.6 is 11.3 Å². The van der Waals surface area contributed by atoms with E-state index in [2.05, 4.69) is 4.98 Å². The third-order valence-corrected chi connectivity index (χ3v) is 6.49. The van der Waals surface area contributed by atoms with Crippen LogP contribution in [-0.4, -0.2) is 16.8 Å². The molecule has 142 valence electrons. The Kier molecular flexibility index (Phi) is 3.60. The fourth-order valence-corrected chi connectivity index (χ4v) is 5.06. The summed E-state index contributed by atoms with van der Waals surface area (Å²) in [6.07, 6.45) is 0. The highest BCUT2D eigenvalue weighted by molar-refractivity contribution is 7.22. The average molecular weight is 406 g/mol. The van der Waals surface area contributed by atoms with Crippen molar-refractivity contribution in [3.05, 3.63) is 96.1 Å². The largest absolute Gasteiger partial charge is 0.268 e. The molecule has 5 heteroatoms. The van der Waals surface area contributed by atoms with Crippen molar-refractivity contribution in [2.75, 3.05) is 4.90 Å². The van der Waals surface area contributed by atoms with E-state index in [0.29, 0.717) is 21.6 Å². The molecule has 0 fully saturated rings. The van der Waals surface area contributed by atoms with E-state index in [1.807, 2.05) is 78.9 Å². The maximum Gasteiger partial charge on any atom is 0.267 e. The molecule has 0 N–H and O–H groups in total. The van der Waals surface area contributed by atoms with Crippen LogP contribution < -0.4 is 4.90 Å². The Morgan fingerprint density at radius 2 is 1.37 bits per heavy atom. The van der Waals surface area contributed by atoms with Gasteiger partial charge >= 0.3 is 0 Å². The quantitative estimate of drug-likeness (QED) is 0.342. The molecule has 30 heavy (non-hydrogen) atoms. The first-order valence-electron chi connectivity index (χ1n) is 9.58. The topological polar surface area (TPSA) is 50.3 Å². The summed E-state index contributed by atoms with van der Waals surface area (Å²) >= 11 is 1.35. The van der Waals surface area contributed by atoms with Crippen molar-refractivity contribution in [3.63, 3.8) is 0 Å². The maximum atomic E-state index is 13.4. The number of hydrogen-bond acceptors (Lipinski definition) is 4. The number of nitrogens with zero attached hydrogens (tertiary/aromatic N) is 2. The minimum absolute atomic E-state index is 0.331. The molecule has 6 rings (SSSR count). The molecule has 0 unspecified atom stereocenters. The van der Waals surface area contributed by atoms with Gasteiger partial charge in [0.1, 0.15) is 0 Å². The fraction of sp³-hybridized carbons (Fsp3) is 0. The van der Waals surface area contributed by atoms with Gasteiger partial charge in [-0.25, -0.2) is 9.88 Å². The molecule has 0 saturated carbocycles. The van der Waals surface area contributed by atoms with Gasteiger partial charge in [0.15, 0.2) is 0 Å². The second-order valence-electron chi connectivity index (χ2n) is 7.16. The van der Waals surface area contributed by atoms with Gasteiger partial charge in [0.25, 0.3) is 11.8 Å². The van der Waals surface area contributed by atoms with Crippen molar-refractivity contribution in [2.24, 2.45) is 0 Å². The van der Waals surface area contributed by atoms with Crippen LogP contribution in [0.25, 0.3) is 32.1 Å². The van der Waals surface area contributed by atoms with Crippen LogP contribution in [0.3, 0.4) is 0 Å². The number of carbonyl (C=O) groups excluding carboxylic acids is 2. The lowest BCUT2D eigenvalue weighted by molar-refractivity contribution is 0.0893. The molecule has 4 nitrogen and oxygen atoms in total. The maximum absolute atomic E-state index is 13.4. The van der Waals surface area contributed by atoms with E-state index in [1.165, 1.54) is 16.2 Å². The molecule has 0 radical (unpaired) electrons. The van der Waals surface area contributed by atoms with Gasteiger partial charge in [0.2, 0.25) is 5.13 Å². The zero-order valence-corrected chi connectivity index (χ0v) is 16.5. The lowest BCUT2D eigenvalue weighted by Gasteiger charge is -2.26. The molecule has 2 amide bonds. The first kappa shape index (κ1) is 17.1. The van der Waals surface area contributed by atoms with Gasteiger partial charge in [0, 0.05) is 16.5 Å². The first-order valence-corrected chi connectivity index (χ1v) is 10.4. The van der Waals surface area contributed by atoms with Crippen LogP contribution in [0.1, 0.15) is 20.7 Å². The number of benzene rings is 4. The van der Waals surface area contributed by atoms with Gasteiger partial charge < -0.3 is 0 Å². The SMILES string of the molecule is O=C1c2cccc3c(-c4ccccc4)ccc(c23)C(=O)N1c1nc2ccccc2s1. The van der Waals surface area contributed by atoms with Gasteiger partial charge in [-0.05, 0) is 40.8 Å². The minimum atomic E-state index is -0.331. The Labute approximate surface area is 176 Å². The van der Waals surface area contributed by atoms with Gasteiger partial charge in [-0.1, -0.05) is 72.0 Å². The number of carbonyl (C=O) groups is 2. The standard InChI is InChI=1S/C25H14N2O2S/c28-23-18-10-6-9-17-16(15-7-2-1-3-8-15)13-14-19(22(17)18)24(29)27(23)25-26-20-11-4-5-12-21(20)30-25/h1-14H. The molecule has 0 aliphatic carbocycles. The Balaban J connectivity index is 1.58. The number of amides is 2. The second-order valence-corrected chi connectivity index (χ2v) is 8.17. The van der Waals surface area contributed by atoms with Crippen LogP contribution in [0, 0.1) is 0 Å². The zero-order valence-electron chi connectivity index (χ0n) is 15.7. The molecule has 2 heterocycles. The van der Waals surface area contributed by atoms with Crippen molar-refractivity contribution < 1.29 is 9.59 Å². The summed E-state index contributed by atoms with van der Waals surface area (Å²) in [4.78, 5) is 32.6. The summed E-state index contributed by atoms with van der Waals surface area (Å²) in [6.45, 7) is 0. The van der Waals surface area contributed by atoms with Crippen molar-refractivity contribution in [1.82, 2.24) is 4.98 Å². The smallest absolute Gasteiger partial charge is 0.267 e. The van der Waals surface area contributed by atoms with E-state index in [4.69, 9.17) is 0 Å². The summed E-state index contributed by atoms with van der Waals surface area (Å²) in [5.41, 5.74) is 3.89. The van der Waals surface area contributed by atoms with Crippen LogP contribution in [0.4, 0.5) is 5.13 Å². The van der Waals surface area contributed by atoms with Crippen LogP contribution in [0.15, 0.2) is 84.9 Å². The average Bonchev–Trinajstić information content (AvgIpc) is 3.21. The van der Waals surface area contributed by atoms with Crippen molar-refractivity contribution in [2.45, 2.75) is 0 Å². The van der Waals surface area contributed by atoms with E-state index >= 15 is 0 Å². The third kappa shape index (κ3) is 2.36.